The highest BCUT2D eigenvalue weighted by molar-refractivity contribution is 5.70. The zero-order valence-electron chi connectivity index (χ0n) is 10.2. The molecule has 0 amide bonds. The number of benzene rings is 1. The Kier molecular flexibility index (Phi) is 3.53. The summed E-state index contributed by atoms with van der Waals surface area (Å²) in [6, 6.07) is 1.80. The molecule has 6 nitrogen and oxygen atoms in total. The Labute approximate surface area is 111 Å². The van der Waals surface area contributed by atoms with Gasteiger partial charge < -0.3 is 20.1 Å². The van der Waals surface area contributed by atoms with Crippen molar-refractivity contribution in [3.8, 4) is 22.9 Å². The zero-order chi connectivity index (χ0) is 14.9. The lowest BCUT2D eigenvalue weighted by molar-refractivity contribution is -0.138. The van der Waals surface area contributed by atoms with Crippen LogP contribution in [0.1, 0.15) is 11.5 Å². The second-order valence-corrected chi connectivity index (χ2v) is 3.76. The molecule has 0 aliphatic rings. The molecule has 9 heteroatoms. The Hall–Kier alpha value is -2.29. The third kappa shape index (κ3) is 2.39. The van der Waals surface area contributed by atoms with Crippen LogP contribution in [-0.4, -0.2) is 22.4 Å². The second kappa shape index (κ2) is 5.00. The minimum absolute atomic E-state index is 0.0223. The van der Waals surface area contributed by atoms with E-state index in [1.54, 1.807) is 0 Å². The molecule has 2 rings (SSSR count). The molecule has 1 aromatic heterocycles. The van der Waals surface area contributed by atoms with Crippen molar-refractivity contribution in [2.45, 2.75) is 12.7 Å². The lowest BCUT2D eigenvalue weighted by Gasteiger charge is -2.14. The molecule has 20 heavy (non-hydrogen) atoms. The first-order valence-corrected chi connectivity index (χ1v) is 5.38. The molecule has 0 aliphatic heterocycles. The van der Waals surface area contributed by atoms with E-state index in [0.717, 1.165) is 19.2 Å². The third-order valence-electron chi connectivity index (χ3n) is 2.52. The molecule has 0 saturated heterocycles. The molecule has 0 radical (unpaired) electrons. The fourth-order valence-electron chi connectivity index (χ4n) is 1.63. The minimum Gasteiger partial charge on any atom is -0.504 e. The average molecular weight is 289 g/mol. The number of phenolic OH excluding ortho intramolecular Hbond substituents is 1. The molecule has 3 N–H and O–H groups in total. The highest BCUT2D eigenvalue weighted by Gasteiger charge is 2.36. The van der Waals surface area contributed by atoms with Crippen molar-refractivity contribution in [2.75, 3.05) is 7.11 Å². The topological polar surface area (TPSA) is 94.4 Å². The lowest BCUT2D eigenvalue weighted by atomic mass is 10.1. The van der Waals surface area contributed by atoms with Crippen LogP contribution in [0.2, 0.25) is 0 Å². The summed E-state index contributed by atoms with van der Waals surface area (Å²) >= 11 is 0. The molecular formula is C11H10F3N3O3. The molecule has 0 spiro atoms. The Bertz CT molecular complexity index is 625. The van der Waals surface area contributed by atoms with Gasteiger partial charge in [-0.3, -0.25) is 0 Å². The van der Waals surface area contributed by atoms with E-state index in [0.29, 0.717) is 0 Å². The summed E-state index contributed by atoms with van der Waals surface area (Å²) in [7, 11) is 1.02. The van der Waals surface area contributed by atoms with Crippen LogP contribution < -0.4 is 10.5 Å². The zero-order valence-corrected chi connectivity index (χ0v) is 10.2. The van der Waals surface area contributed by atoms with Gasteiger partial charge in [-0.1, -0.05) is 5.16 Å². The Morgan fingerprint density at radius 3 is 2.60 bits per heavy atom. The summed E-state index contributed by atoms with van der Waals surface area (Å²) in [5.41, 5.74) is 4.15. The van der Waals surface area contributed by atoms with Crippen molar-refractivity contribution in [3.63, 3.8) is 0 Å². The quantitative estimate of drug-likeness (QED) is 0.896. The predicted molar refractivity (Wildman–Crippen MR) is 60.8 cm³/mol. The van der Waals surface area contributed by atoms with E-state index < -0.39 is 23.2 Å². The summed E-state index contributed by atoms with van der Waals surface area (Å²) in [5.74, 6) is -1.39. The van der Waals surface area contributed by atoms with Crippen LogP contribution >= 0.6 is 0 Å². The van der Waals surface area contributed by atoms with Crippen LogP contribution in [0.4, 0.5) is 13.2 Å². The van der Waals surface area contributed by atoms with E-state index in [1.165, 1.54) is 0 Å². The van der Waals surface area contributed by atoms with Crippen LogP contribution in [-0.2, 0) is 12.7 Å². The molecule has 0 saturated carbocycles. The van der Waals surface area contributed by atoms with Gasteiger partial charge in [-0.25, -0.2) is 0 Å². The number of nitrogens with two attached hydrogens (primary N) is 1. The van der Waals surface area contributed by atoms with Gasteiger partial charge in [-0.05, 0) is 12.1 Å². The number of hydrogen-bond acceptors (Lipinski definition) is 6. The van der Waals surface area contributed by atoms with Crippen molar-refractivity contribution >= 4 is 0 Å². The normalized spacial score (nSPS) is 11.7. The maximum Gasteiger partial charge on any atom is 0.420 e. The molecule has 0 aliphatic carbocycles. The number of aromatic hydroxyl groups is 1. The molecule has 0 unspecified atom stereocenters. The highest BCUT2D eigenvalue weighted by atomic mass is 19.4. The number of nitrogens with zero attached hydrogens (tertiary/aromatic N) is 2. The fourth-order valence-corrected chi connectivity index (χ4v) is 1.63. The number of methoxy groups -OCH3 is 1. The smallest absolute Gasteiger partial charge is 0.420 e. The van der Waals surface area contributed by atoms with Crippen LogP contribution in [0.25, 0.3) is 11.4 Å². The molecule has 2 aromatic rings. The number of ether oxygens (including phenoxy) is 1. The van der Waals surface area contributed by atoms with E-state index in [9.17, 15) is 18.3 Å². The molecule has 108 valence electrons. The van der Waals surface area contributed by atoms with Crippen molar-refractivity contribution in [1.82, 2.24) is 10.1 Å². The van der Waals surface area contributed by atoms with Gasteiger partial charge in [0.25, 0.3) is 0 Å². The summed E-state index contributed by atoms with van der Waals surface area (Å²) < 4.78 is 47.6. The molecule has 0 atom stereocenters. The number of phenols is 1. The SMILES string of the molecule is COc1c(C(F)(F)F)ccc(-c2noc(CN)n2)c1O. The number of alkyl halides is 3. The highest BCUT2D eigenvalue weighted by Crippen LogP contribution is 2.45. The monoisotopic (exact) mass is 289 g/mol. The van der Waals surface area contributed by atoms with Gasteiger partial charge in [-0.15, -0.1) is 0 Å². The van der Waals surface area contributed by atoms with Crippen molar-refractivity contribution < 1.29 is 27.5 Å². The van der Waals surface area contributed by atoms with Crippen LogP contribution in [0.3, 0.4) is 0 Å². The van der Waals surface area contributed by atoms with Gasteiger partial charge in [0.1, 0.15) is 5.56 Å². The minimum atomic E-state index is -4.65. The first kappa shape index (κ1) is 14.1. The first-order valence-electron chi connectivity index (χ1n) is 5.38. The van der Waals surface area contributed by atoms with Gasteiger partial charge in [0, 0.05) is 0 Å². The summed E-state index contributed by atoms with van der Waals surface area (Å²) in [6.45, 7) is -0.0223. The molecule has 1 heterocycles. The van der Waals surface area contributed by atoms with Crippen molar-refractivity contribution in [3.05, 3.63) is 23.6 Å². The van der Waals surface area contributed by atoms with Crippen molar-refractivity contribution in [1.29, 1.82) is 0 Å². The maximum absolute atomic E-state index is 12.8. The van der Waals surface area contributed by atoms with E-state index in [1.807, 2.05) is 0 Å². The largest absolute Gasteiger partial charge is 0.504 e. The van der Waals surface area contributed by atoms with Crippen molar-refractivity contribution in [2.24, 2.45) is 5.73 Å². The average Bonchev–Trinajstić information content (AvgIpc) is 2.85. The lowest BCUT2D eigenvalue weighted by Crippen LogP contribution is -2.08. The Balaban J connectivity index is 2.57. The van der Waals surface area contributed by atoms with E-state index in [4.69, 9.17) is 10.3 Å². The van der Waals surface area contributed by atoms with Crippen LogP contribution in [0.15, 0.2) is 16.7 Å². The van der Waals surface area contributed by atoms with Gasteiger partial charge in [0.05, 0.1) is 19.2 Å². The molecule has 1 aromatic carbocycles. The number of aromatic nitrogens is 2. The van der Waals surface area contributed by atoms with E-state index >= 15 is 0 Å². The molecule has 0 bridgehead atoms. The number of rotatable bonds is 3. The standard InChI is InChI=1S/C11H10F3N3O3/c1-19-9-6(11(12,13)14)3-2-5(8(9)18)10-16-7(4-15)20-17-10/h2-3,18H,4,15H2,1H3. The molecule has 0 fully saturated rings. The summed E-state index contributed by atoms with van der Waals surface area (Å²) in [4.78, 5) is 3.83. The maximum atomic E-state index is 12.8. The Morgan fingerprint density at radius 1 is 1.40 bits per heavy atom. The third-order valence-corrected chi connectivity index (χ3v) is 2.52. The second-order valence-electron chi connectivity index (χ2n) is 3.76. The van der Waals surface area contributed by atoms with Gasteiger partial charge in [-0.2, -0.15) is 18.2 Å². The number of hydrogen-bond donors (Lipinski definition) is 2. The van der Waals surface area contributed by atoms with Gasteiger partial charge >= 0.3 is 6.18 Å². The van der Waals surface area contributed by atoms with Gasteiger partial charge in [0.15, 0.2) is 11.5 Å². The summed E-state index contributed by atoms with van der Waals surface area (Å²) in [6.07, 6.45) is -4.65. The number of halogens is 3. The predicted octanol–water partition coefficient (Wildman–Crippen LogP) is 1.93. The first-order chi connectivity index (χ1) is 9.38. The van der Waals surface area contributed by atoms with Gasteiger partial charge in [0.2, 0.25) is 11.7 Å². The fraction of sp³-hybridized carbons (Fsp3) is 0.273. The van der Waals surface area contributed by atoms with E-state index in [2.05, 4.69) is 14.9 Å². The van der Waals surface area contributed by atoms with E-state index in [-0.39, 0.29) is 23.8 Å². The van der Waals surface area contributed by atoms with Crippen LogP contribution in [0.5, 0.6) is 11.5 Å². The summed E-state index contributed by atoms with van der Waals surface area (Å²) in [5, 5.41) is 13.4. The van der Waals surface area contributed by atoms with Crippen LogP contribution in [0, 0.1) is 0 Å². The Morgan fingerprint density at radius 2 is 2.10 bits per heavy atom. The molecular weight excluding hydrogens is 279 g/mol.